The molecule has 0 N–H and O–H groups in total. The minimum Gasteiger partial charge on any atom is -0.461 e. The average Bonchev–Trinajstić information content (AvgIpc) is 2.26. The number of hydrogen-bond donors (Lipinski definition) is 0. The van der Waals surface area contributed by atoms with Gasteiger partial charge in [-0.3, -0.25) is 4.79 Å². The molecule has 1 rings (SSSR count). The molecule has 1 aromatic rings. The predicted octanol–water partition coefficient (Wildman–Crippen LogP) is 3.26. The molecule has 2 heteroatoms. The van der Waals surface area contributed by atoms with Crippen molar-refractivity contribution in [3.05, 3.63) is 35.4 Å². The van der Waals surface area contributed by atoms with E-state index in [9.17, 15) is 4.79 Å². The fourth-order valence-corrected chi connectivity index (χ4v) is 1.36. The van der Waals surface area contributed by atoms with Crippen LogP contribution in [0, 0.1) is 0 Å². The van der Waals surface area contributed by atoms with Crippen molar-refractivity contribution in [1.29, 1.82) is 0 Å². The number of esters is 1. The highest BCUT2D eigenvalue weighted by atomic mass is 16.5. The summed E-state index contributed by atoms with van der Waals surface area (Å²) in [5.74, 6) is 0.355. The maximum Gasteiger partial charge on any atom is 0.302 e. The van der Waals surface area contributed by atoms with Crippen LogP contribution >= 0.6 is 0 Å². The summed E-state index contributed by atoms with van der Waals surface area (Å²) in [4.78, 5) is 10.6. The number of hydrogen-bond acceptors (Lipinski definition) is 2. The first-order valence-electron chi connectivity index (χ1n) is 5.35. The quantitative estimate of drug-likeness (QED) is 0.707. The zero-order valence-corrected chi connectivity index (χ0v) is 9.62. The molecule has 0 radical (unpaired) electrons. The van der Waals surface area contributed by atoms with E-state index in [-0.39, 0.29) is 5.97 Å². The molecule has 0 aliphatic rings. The van der Waals surface area contributed by atoms with Crippen molar-refractivity contribution in [3.8, 4) is 0 Å². The Morgan fingerprint density at radius 2 is 1.93 bits per heavy atom. The minimum absolute atomic E-state index is 0.235. The van der Waals surface area contributed by atoms with Gasteiger partial charge in [0.2, 0.25) is 0 Å². The van der Waals surface area contributed by atoms with Gasteiger partial charge in [-0.15, -0.1) is 0 Å². The SMILES string of the molecule is CCC(C)c1ccc(COC(C)=O)cc1. The molecule has 0 amide bonds. The van der Waals surface area contributed by atoms with E-state index in [1.165, 1.54) is 12.5 Å². The van der Waals surface area contributed by atoms with Gasteiger partial charge in [-0.25, -0.2) is 0 Å². The van der Waals surface area contributed by atoms with Crippen molar-refractivity contribution < 1.29 is 9.53 Å². The zero-order chi connectivity index (χ0) is 11.3. The Morgan fingerprint density at radius 3 is 2.40 bits per heavy atom. The van der Waals surface area contributed by atoms with Crippen molar-refractivity contribution in [3.63, 3.8) is 0 Å². The standard InChI is InChI=1S/C13H18O2/c1-4-10(2)13-7-5-12(6-8-13)9-15-11(3)14/h5-8,10H,4,9H2,1-3H3. The van der Waals surface area contributed by atoms with Gasteiger partial charge in [0.25, 0.3) is 0 Å². The normalized spacial score (nSPS) is 12.2. The van der Waals surface area contributed by atoms with Crippen molar-refractivity contribution >= 4 is 5.97 Å². The van der Waals surface area contributed by atoms with Crippen LogP contribution in [0.4, 0.5) is 0 Å². The van der Waals surface area contributed by atoms with Gasteiger partial charge < -0.3 is 4.74 Å². The highest BCUT2D eigenvalue weighted by Gasteiger charge is 2.02. The van der Waals surface area contributed by atoms with E-state index in [0.29, 0.717) is 12.5 Å². The monoisotopic (exact) mass is 206 g/mol. The third-order valence-electron chi connectivity index (χ3n) is 2.60. The number of ether oxygens (including phenoxy) is 1. The van der Waals surface area contributed by atoms with Crippen LogP contribution in [0.1, 0.15) is 44.2 Å². The van der Waals surface area contributed by atoms with Crippen LogP contribution in [0.3, 0.4) is 0 Å². The zero-order valence-electron chi connectivity index (χ0n) is 9.62. The molecule has 0 heterocycles. The largest absolute Gasteiger partial charge is 0.461 e. The van der Waals surface area contributed by atoms with Crippen LogP contribution in [-0.4, -0.2) is 5.97 Å². The van der Waals surface area contributed by atoms with Crippen molar-refractivity contribution in [2.75, 3.05) is 0 Å². The number of rotatable bonds is 4. The molecule has 82 valence electrons. The van der Waals surface area contributed by atoms with Crippen LogP contribution in [0.15, 0.2) is 24.3 Å². The lowest BCUT2D eigenvalue weighted by Crippen LogP contribution is -1.99. The van der Waals surface area contributed by atoms with E-state index in [1.54, 1.807) is 0 Å². The fraction of sp³-hybridized carbons (Fsp3) is 0.462. The molecule has 1 atom stereocenters. The number of carbonyl (C=O) groups is 1. The van der Waals surface area contributed by atoms with Gasteiger partial charge in [-0.05, 0) is 23.5 Å². The van der Waals surface area contributed by atoms with Gasteiger partial charge >= 0.3 is 5.97 Å². The first-order chi connectivity index (χ1) is 7.13. The number of carbonyl (C=O) groups excluding carboxylic acids is 1. The van der Waals surface area contributed by atoms with Gasteiger partial charge in [-0.1, -0.05) is 38.1 Å². The average molecular weight is 206 g/mol. The van der Waals surface area contributed by atoms with E-state index < -0.39 is 0 Å². The van der Waals surface area contributed by atoms with Crippen LogP contribution < -0.4 is 0 Å². The van der Waals surface area contributed by atoms with Gasteiger partial charge in [0.15, 0.2) is 0 Å². The number of benzene rings is 1. The Kier molecular flexibility index (Phi) is 4.35. The lowest BCUT2D eigenvalue weighted by molar-refractivity contribution is -0.142. The molecule has 0 aliphatic carbocycles. The van der Waals surface area contributed by atoms with Gasteiger partial charge in [0, 0.05) is 6.92 Å². The topological polar surface area (TPSA) is 26.3 Å². The molecular formula is C13H18O2. The molecule has 0 bridgehead atoms. The van der Waals surface area contributed by atoms with Crippen LogP contribution in [0.5, 0.6) is 0 Å². The Hall–Kier alpha value is -1.31. The summed E-state index contributed by atoms with van der Waals surface area (Å²) in [6.07, 6.45) is 1.14. The summed E-state index contributed by atoms with van der Waals surface area (Å²) < 4.78 is 4.92. The molecule has 0 saturated heterocycles. The summed E-state index contributed by atoms with van der Waals surface area (Å²) in [6, 6.07) is 8.24. The highest BCUT2D eigenvalue weighted by Crippen LogP contribution is 2.18. The van der Waals surface area contributed by atoms with Gasteiger partial charge in [0.05, 0.1) is 0 Å². The van der Waals surface area contributed by atoms with Crippen LogP contribution in [-0.2, 0) is 16.1 Å². The van der Waals surface area contributed by atoms with E-state index in [2.05, 4.69) is 26.0 Å². The molecular weight excluding hydrogens is 188 g/mol. The van der Waals surface area contributed by atoms with Crippen LogP contribution in [0.2, 0.25) is 0 Å². The Bertz CT molecular complexity index is 314. The second-order valence-electron chi connectivity index (χ2n) is 3.83. The molecule has 1 unspecified atom stereocenters. The summed E-state index contributed by atoms with van der Waals surface area (Å²) in [6.45, 7) is 6.18. The predicted molar refractivity (Wildman–Crippen MR) is 60.6 cm³/mol. The molecule has 0 aromatic heterocycles. The Labute approximate surface area is 91.3 Å². The first kappa shape index (κ1) is 11.8. The molecule has 0 saturated carbocycles. The van der Waals surface area contributed by atoms with E-state index >= 15 is 0 Å². The van der Waals surface area contributed by atoms with Crippen LogP contribution in [0.25, 0.3) is 0 Å². The van der Waals surface area contributed by atoms with Crippen molar-refractivity contribution in [2.45, 2.75) is 39.7 Å². The summed E-state index contributed by atoms with van der Waals surface area (Å²) >= 11 is 0. The lowest BCUT2D eigenvalue weighted by atomic mass is 9.98. The van der Waals surface area contributed by atoms with Gasteiger partial charge in [0.1, 0.15) is 6.61 Å². The van der Waals surface area contributed by atoms with Crippen molar-refractivity contribution in [1.82, 2.24) is 0 Å². The van der Waals surface area contributed by atoms with E-state index in [1.807, 2.05) is 12.1 Å². The Morgan fingerprint density at radius 1 is 1.33 bits per heavy atom. The second-order valence-corrected chi connectivity index (χ2v) is 3.83. The lowest BCUT2D eigenvalue weighted by Gasteiger charge is -2.09. The third kappa shape index (κ3) is 3.74. The highest BCUT2D eigenvalue weighted by molar-refractivity contribution is 5.65. The fourth-order valence-electron chi connectivity index (χ4n) is 1.36. The maximum absolute atomic E-state index is 10.6. The maximum atomic E-state index is 10.6. The van der Waals surface area contributed by atoms with Gasteiger partial charge in [-0.2, -0.15) is 0 Å². The molecule has 2 nitrogen and oxygen atoms in total. The van der Waals surface area contributed by atoms with Crippen molar-refractivity contribution in [2.24, 2.45) is 0 Å². The summed E-state index contributed by atoms with van der Waals surface area (Å²) in [7, 11) is 0. The molecule has 1 aromatic carbocycles. The first-order valence-corrected chi connectivity index (χ1v) is 5.35. The molecule has 0 spiro atoms. The second kappa shape index (κ2) is 5.54. The van der Waals surface area contributed by atoms with E-state index in [0.717, 1.165) is 12.0 Å². The van der Waals surface area contributed by atoms with E-state index in [4.69, 9.17) is 4.74 Å². The third-order valence-corrected chi connectivity index (χ3v) is 2.60. The summed E-state index contributed by atoms with van der Waals surface area (Å²) in [5, 5.41) is 0. The minimum atomic E-state index is -0.235. The molecule has 0 aliphatic heterocycles. The molecule has 15 heavy (non-hydrogen) atoms. The molecule has 0 fully saturated rings. The smallest absolute Gasteiger partial charge is 0.302 e. The summed E-state index contributed by atoms with van der Waals surface area (Å²) in [5.41, 5.74) is 2.38. The Balaban J connectivity index is 2.60.